The molecule has 2 rings (SSSR count). The van der Waals surface area contributed by atoms with Crippen molar-refractivity contribution in [2.24, 2.45) is 0 Å². The molecule has 0 radical (unpaired) electrons. The summed E-state index contributed by atoms with van der Waals surface area (Å²) in [5, 5.41) is 68.0. The van der Waals surface area contributed by atoms with E-state index >= 15 is 0 Å². The maximum atomic E-state index is 10.2. The Labute approximate surface area is 137 Å². The lowest BCUT2D eigenvalue weighted by Gasteiger charge is -2.45. The van der Waals surface area contributed by atoms with Crippen LogP contribution in [-0.4, -0.2) is 117 Å². The van der Waals surface area contributed by atoms with Gasteiger partial charge in [0.05, 0.1) is 13.2 Å². The van der Waals surface area contributed by atoms with Gasteiger partial charge in [-0.15, -0.1) is 0 Å². The van der Waals surface area contributed by atoms with Crippen LogP contribution in [0.5, 0.6) is 0 Å². The maximum absolute atomic E-state index is 10.2. The fourth-order valence-electron chi connectivity index (χ4n) is 2.75. The van der Waals surface area contributed by atoms with E-state index in [9.17, 15) is 30.6 Å². The lowest BCUT2D eigenvalue weighted by Crippen LogP contribution is -2.64. The van der Waals surface area contributed by atoms with Crippen molar-refractivity contribution >= 4 is 0 Å². The smallest absolute Gasteiger partial charge is 0.187 e. The van der Waals surface area contributed by atoms with Crippen LogP contribution < -0.4 is 0 Å². The third-order valence-electron chi connectivity index (χ3n) is 4.19. The SMILES string of the molecule is CO[C@@H]1O[C@H](CO)[C@@H](O[C@@H]2O[C@@H](CO)[C@H](O)[C@H](O)[C@H]2O)[C@H](O)[C@H]1O. The minimum atomic E-state index is -1.69. The van der Waals surface area contributed by atoms with Gasteiger partial charge in [-0.05, 0) is 0 Å². The van der Waals surface area contributed by atoms with Crippen LogP contribution in [0.15, 0.2) is 0 Å². The van der Waals surface area contributed by atoms with Gasteiger partial charge >= 0.3 is 0 Å². The van der Waals surface area contributed by atoms with Crippen molar-refractivity contribution in [1.82, 2.24) is 0 Å². The van der Waals surface area contributed by atoms with E-state index < -0.39 is 74.6 Å². The van der Waals surface area contributed by atoms with E-state index in [1.54, 1.807) is 0 Å². The predicted octanol–water partition coefficient (Wildman–Crippen LogP) is -4.74. The molecule has 0 unspecified atom stereocenters. The zero-order chi connectivity index (χ0) is 18.0. The second-order valence-corrected chi connectivity index (χ2v) is 5.74. The Kier molecular flexibility index (Phi) is 6.87. The number of hydrogen-bond acceptors (Lipinski definition) is 11. The molecule has 2 heterocycles. The monoisotopic (exact) mass is 356 g/mol. The molecule has 2 fully saturated rings. The first-order valence-corrected chi connectivity index (χ1v) is 7.46. The van der Waals surface area contributed by atoms with Gasteiger partial charge in [-0.25, -0.2) is 0 Å². The molecule has 24 heavy (non-hydrogen) atoms. The molecule has 2 aliphatic rings. The molecule has 2 saturated heterocycles. The van der Waals surface area contributed by atoms with Crippen molar-refractivity contribution in [2.45, 2.75) is 61.4 Å². The van der Waals surface area contributed by atoms with Gasteiger partial charge in [0, 0.05) is 7.11 Å². The molecule has 2 aliphatic heterocycles. The molecule has 0 amide bonds. The maximum Gasteiger partial charge on any atom is 0.187 e. The van der Waals surface area contributed by atoms with Gasteiger partial charge < -0.3 is 54.7 Å². The van der Waals surface area contributed by atoms with Crippen LogP contribution in [0.25, 0.3) is 0 Å². The Morgan fingerprint density at radius 2 is 1.25 bits per heavy atom. The summed E-state index contributed by atoms with van der Waals surface area (Å²) in [6, 6.07) is 0. The molecule has 0 spiro atoms. The van der Waals surface area contributed by atoms with Gasteiger partial charge in [0.25, 0.3) is 0 Å². The number of methoxy groups -OCH3 is 1. The van der Waals surface area contributed by atoms with Crippen LogP contribution in [0.1, 0.15) is 0 Å². The average Bonchev–Trinajstić information content (AvgIpc) is 2.59. The quantitative estimate of drug-likeness (QED) is 0.251. The van der Waals surface area contributed by atoms with Crippen molar-refractivity contribution < 1.29 is 54.7 Å². The Morgan fingerprint density at radius 3 is 1.79 bits per heavy atom. The Hall–Kier alpha value is -0.440. The molecule has 0 aromatic heterocycles. The van der Waals surface area contributed by atoms with E-state index in [-0.39, 0.29) is 0 Å². The second-order valence-electron chi connectivity index (χ2n) is 5.74. The van der Waals surface area contributed by atoms with E-state index in [4.69, 9.17) is 24.1 Å². The van der Waals surface area contributed by atoms with Crippen LogP contribution in [0.3, 0.4) is 0 Å². The third-order valence-corrected chi connectivity index (χ3v) is 4.19. The van der Waals surface area contributed by atoms with Gasteiger partial charge in [0.1, 0.15) is 48.8 Å². The van der Waals surface area contributed by atoms with Crippen LogP contribution in [-0.2, 0) is 18.9 Å². The molecule has 0 bridgehead atoms. The van der Waals surface area contributed by atoms with Crippen LogP contribution in [0.4, 0.5) is 0 Å². The lowest BCUT2D eigenvalue weighted by atomic mass is 9.97. The highest BCUT2D eigenvalue weighted by molar-refractivity contribution is 4.93. The zero-order valence-corrected chi connectivity index (χ0v) is 13.0. The number of rotatable bonds is 5. The highest BCUT2D eigenvalue weighted by Crippen LogP contribution is 2.29. The Bertz CT molecular complexity index is 392. The first-order chi connectivity index (χ1) is 11.3. The molecule has 11 heteroatoms. The predicted molar refractivity (Wildman–Crippen MR) is 73.4 cm³/mol. The molecule has 0 aliphatic carbocycles. The summed E-state index contributed by atoms with van der Waals surface area (Å²) in [7, 11) is 1.24. The van der Waals surface area contributed by atoms with E-state index in [0.29, 0.717) is 0 Å². The van der Waals surface area contributed by atoms with Crippen molar-refractivity contribution in [1.29, 1.82) is 0 Å². The summed E-state index contributed by atoms with van der Waals surface area (Å²) >= 11 is 0. The molecule has 7 N–H and O–H groups in total. The fourth-order valence-corrected chi connectivity index (χ4v) is 2.75. The zero-order valence-electron chi connectivity index (χ0n) is 13.0. The molecule has 142 valence electrons. The van der Waals surface area contributed by atoms with Crippen molar-refractivity contribution in [2.75, 3.05) is 20.3 Å². The van der Waals surface area contributed by atoms with Crippen LogP contribution in [0.2, 0.25) is 0 Å². The topological polar surface area (TPSA) is 179 Å². The molecular weight excluding hydrogens is 332 g/mol. The van der Waals surface area contributed by atoms with E-state index in [2.05, 4.69) is 0 Å². The summed E-state index contributed by atoms with van der Waals surface area (Å²) in [5.74, 6) is 0. The largest absolute Gasteiger partial charge is 0.394 e. The molecular formula is C13H24O11. The summed E-state index contributed by atoms with van der Waals surface area (Å²) in [4.78, 5) is 0. The molecule has 0 aromatic rings. The van der Waals surface area contributed by atoms with E-state index in [1.807, 2.05) is 0 Å². The Balaban J connectivity index is 2.12. The minimum absolute atomic E-state index is 0.592. The van der Waals surface area contributed by atoms with Gasteiger partial charge in [-0.2, -0.15) is 0 Å². The summed E-state index contributed by atoms with van der Waals surface area (Å²) in [6.45, 7) is -1.24. The Morgan fingerprint density at radius 1 is 0.708 bits per heavy atom. The van der Waals surface area contributed by atoms with Gasteiger partial charge in [0.15, 0.2) is 12.6 Å². The third kappa shape index (κ3) is 3.71. The first kappa shape index (κ1) is 19.9. The van der Waals surface area contributed by atoms with Gasteiger partial charge in [-0.1, -0.05) is 0 Å². The molecule has 10 atom stereocenters. The van der Waals surface area contributed by atoms with Crippen molar-refractivity contribution in [3.8, 4) is 0 Å². The highest BCUT2D eigenvalue weighted by Gasteiger charge is 2.50. The van der Waals surface area contributed by atoms with Gasteiger partial charge in [-0.3, -0.25) is 0 Å². The second kappa shape index (κ2) is 8.29. The van der Waals surface area contributed by atoms with E-state index in [1.165, 1.54) is 7.11 Å². The lowest BCUT2D eigenvalue weighted by molar-refractivity contribution is -0.357. The first-order valence-electron chi connectivity index (χ1n) is 7.46. The number of hydrogen-bond donors (Lipinski definition) is 7. The highest BCUT2D eigenvalue weighted by atomic mass is 16.7. The van der Waals surface area contributed by atoms with Gasteiger partial charge in [0.2, 0.25) is 0 Å². The summed E-state index contributed by atoms with van der Waals surface area (Å²) in [5.41, 5.74) is 0. The molecule has 0 saturated carbocycles. The standard InChI is InChI=1S/C13H24O11/c1-21-12-10(20)8(18)11(5(3-15)23-12)24-13-9(19)7(17)6(16)4(2-14)22-13/h4-20H,2-3H2,1H3/t4-,5+,6-,7-,8+,9+,10+,11+,12+,13-/m0/s1. The van der Waals surface area contributed by atoms with E-state index in [0.717, 1.165) is 0 Å². The number of ether oxygens (including phenoxy) is 4. The normalized spacial score (nSPS) is 50.0. The van der Waals surface area contributed by atoms with Crippen LogP contribution in [0, 0.1) is 0 Å². The van der Waals surface area contributed by atoms with Crippen molar-refractivity contribution in [3.05, 3.63) is 0 Å². The number of aliphatic hydroxyl groups is 7. The fraction of sp³-hybridized carbons (Fsp3) is 1.00. The number of aliphatic hydroxyl groups excluding tert-OH is 7. The molecule has 11 nitrogen and oxygen atoms in total. The summed E-state index contributed by atoms with van der Waals surface area (Å²) in [6.07, 6.45) is -14.3. The van der Waals surface area contributed by atoms with Crippen molar-refractivity contribution in [3.63, 3.8) is 0 Å². The van der Waals surface area contributed by atoms with Crippen LogP contribution >= 0.6 is 0 Å². The minimum Gasteiger partial charge on any atom is -0.394 e. The average molecular weight is 356 g/mol. The summed E-state index contributed by atoms with van der Waals surface area (Å²) < 4.78 is 20.6. The molecule has 0 aromatic carbocycles.